The first-order valence-electron chi connectivity index (χ1n) is 3.42. The summed E-state index contributed by atoms with van der Waals surface area (Å²) in [4.78, 5) is 0. The number of nitrogens with two attached hydrogens (primary N) is 1. The topological polar surface area (TPSA) is 122 Å². The zero-order chi connectivity index (χ0) is 9.10. The molecule has 0 atom stereocenters. The van der Waals surface area contributed by atoms with Gasteiger partial charge >= 0.3 is 0 Å². The number of aromatic amines is 2. The lowest BCUT2D eigenvalue weighted by Crippen LogP contribution is -2.07. The fraction of sp³-hybridized carbons (Fsp3) is 0. The second-order valence-corrected chi connectivity index (χ2v) is 2.19. The molecule has 0 unspecified atom stereocenters. The van der Waals surface area contributed by atoms with Gasteiger partial charge in [0.25, 0.3) is 0 Å². The quantitative estimate of drug-likeness (QED) is 0.297. The molecule has 0 fully saturated rings. The minimum atomic E-state index is 0.433. The highest BCUT2D eigenvalue weighted by atomic mass is 15.3. The van der Waals surface area contributed by atoms with E-state index in [0.717, 1.165) is 0 Å². The first-order chi connectivity index (χ1) is 6.42. The Morgan fingerprint density at radius 2 is 1.69 bits per heavy atom. The second-order valence-electron chi connectivity index (χ2n) is 2.19. The van der Waals surface area contributed by atoms with E-state index in [4.69, 9.17) is 5.84 Å². The van der Waals surface area contributed by atoms with E-state index in [2.05, 4.69) is 35.9 Å². The van der Waals surface area contributed by atoms with E-state index in [0.29, 0.717) is 17.1 Å². The van der Waals surface area contributed by atoms with Crippen LogP contribution in [0.1, 0.15) is 11.4 Å². The summed E-state index contributed by atoms with van der Waals surface area (Å²) in [7, 11) is 0. The SMILES string of the molecule is NN=C(c1cn[nH]n1)c1cn[nH]n1. The molecule has 2 aromatic heterocycles. The lowest BCUT2D eigenvalue weighted by Gasteiger charge is -1.92. The molecule has 0 saturated heterocycles. The average Bonchev–Trinajstić information content (AvgIpc) is 2.76. The molecule has 0 spiro atoms. The molecular formula is C5H6N8. The molecule has 8 heteroatoms. The van der Waals surface area contributed by atoms with E-state index in [1.54, 1.807) is 0 Å². The van der Waals surface area contributed by atoms with Crippen LogP contribution < -0.4 is 5.84 Å². The van der Waals surface area contributed by atoms with E-state index < -0.39 is 0 Å². The maximum absolute atomic E-state index is 5.18. The van der Waals surface area contributed by atoms with Crippen molar-refractivity contribution in [3.63, 3.8) is 0 Å². The van der Waals surface area contributed by atoms with Gasteiger partial charge in [0.1, 0.15) is 17.1 Å². The number of nitrogens with zero attached hydrogens (tertiary/aromatic N) is 5. The van der Waals surface area contributed by atoms with Crippen molar-refractivity contribution in [2.45, 2.75) is 0 Å². The third kappa shape index (κ3) is 1.24. The van der Waals surface area contributed by atoms with Crippen molar-refractivity contribution < 1.29 is 0 Å². The Balaban J connectivity index is 2.42. The predicted octanol–water partition coefficient (Wildman–Crippen LogP) is -1.37. The van der Waals surface area contributed by atoms with Crippen molar-refractivity contribution in [3.05, 3.63) is 23.8 Å². The largest absolute Gasteiger partial charge is 0.323 e. The second kappa shape index (κ2) is 3.01. The van der Waals surface area contributed by atoms with Crippen LogP contribution in [0.4, 0.5) is 0 Å². The van der Waals surface area contributed by atoms with Crippen LogP contribution in [0.25, 0.3) is 0 Å². The molecule has 0 saturated carbocycles. The average molecular weight is 178 g/mol. The Morgan fingerprint density at radius 3 is 2.00 bits per heavy atom. The lowest BCUT2D eigenvalue weighted by molar-refractivity contribution is 0.930. The lowest BCUT2D eigenvalue weighted by atomic mass is 10.2. The van der Waals surface area contributed by atoms with Crippen molar-refractivity contribution >= 4 is 5.71 Å². The van der Waals surface area contributed by atoms with Crippen LogP contribution in [0, 0.1) is 0 Å². The van der Waals surface area contributed by atoms with Crippen molar-refractivity contribution in [2.75, 3.05) is 0 Å². The van der Waals surface area contributed by atoms with Crippen molar-refractivity contribution in [1.29, 1.82) is 0 Å². The van der Waals surface area contributed by atoms with Crippen LogP contribution in [0.15, 0.2) is 17.5 Å². The van der Waals surface area contributed by atoms with Gasteiger partial charge in [0, 0.05) is 0 Å². The van der Waals surface area contributed by atoms with Crippen molar-refractivity contribution in [3.8, 4) is 0 Å². The highest BCUT2D eigenvalue weighted by molar-refractivity contribution is 6.09. The molecule has 0 aliphatic rings. The number of rotatable bonds is 2. The molecule has 0 aromatic carbocycles. The first-order valence-corrected chi connectivity index (χ1v) is 3.42. The predicted molar refractivity (Wildman–Crippen MR) is 42.6 cm³/mol. The molecule has 0 bridgehead atoms. The van der Waals surface area contributed by atoms with E-state index in [1.807, 2.05) is 0 Å². The van der Waals surface area contributed by atoms with Gasteiger partial charge in [-0.3, -0.25) is 0 Å². The Bertz CT molecular complexity index is 348. The molecule has 2 rings (SSSR count). The summed E-state index contributed by atoms with van der Waals surface area (Å²) < 4.78 is 0. The molecule has 66 valence electrons. The van der Waals surface area contributed by atoms with Crippen LogP contribution in [-0.2, 0) is 0 Å². The zero-order valence-corrected chi connectivity index (χ0v) is 6.47. The van der Waals surface area contributed by atoms with E-state index in [9.17, 15) is 0 Å². The third-order valence-electron chi connectivity index (χ3n) is 1.44. The van der Waals surface area contributed by atoms with E-state index >= 15 is 0 Å². The van der Waals surface area contributed by atoms with Crippen LogP contribution >= 0.6 is 0 Å². The summed E-state index contributed by atoms with van der Waals surface area (Å²) in [6, 6.07) is 0. The number of hydrogen-bond acceptors (Lipinski definition) is 6. The van der Waals surface area contributed by atoms with Gasteiger partial charge in [-0.05, 0) is 0 Å². The zero-order valence-electron chi connectivity index (χ0n) is 6.47. The van der Waals surface area contributed by atoms with Gasteiger partial charge in [0.05, 0.1) is 12.4 Å². The minimum absolute atomic E-state index is 0.433. The fourth-order valence-corrected chi connectivity index (χ4v) is 0.895. The molecular weight excluding hydrogens is 172 g/mol. The Kier molecular flexibility index (Phi) is 1.71. The van der Waals surface area contributed by atoms with Gasteiger partial charge < -0.3 is 5.84 Å². The van der Waals surface area contributed by atoms with Gasteiger partial charge in [-0.2, -0.15) is 35.9 Å². The van der Waals surface area contributed by atoms with Gasteiger partial charge in [-0.1, -0.05) is 0 Å². The van der Waals surface area contributed by atoms with Gasteiger partial charge in [-0.15, -0.1) is 0 Å². The van der Waals surface area contributed by atoms with Crippen LogP contribution in [0.2, 0.25) is 0 Å². The summed E-state index contributed by atoms with van der Waals surface area (Å²) in [5.74, 6) is 5.18. The normalized spacial score (nSPS) is 9.85. The first kappa shape index (κ1) is 7.40. The summed E-state index contributed by atoms with van der Waals surface area (Å²) in [6.07, 6.45) is 3.00. The number of hydrazone groups is 1. The number of aromatic nitrogens is 6. The molecule has 13 heavy (non-hydrogen) atoms. The number of nitrogens with one attached hydrogen (secondary N) is 2. The molecule has 0 aliphatic carbocycles. The summed E-state index contributed by atoms with van der Waals surface area (Å²) in [6.45, 7) is 0. The van der Waals surface area contributed by atoms with E-state index in [1.165, 1.54) is 12.4 Å². The summed E-state index contributed by atoms with van der Waals surface area (Å²) in [5.41, 5.74) is 1.48. The van der Waals surface area contributed by atoms with Crippen molar-refractivity contribution in [1.82, 2.24) is 30.8 Å². The van der Waals surface area contributed by atoms with Crippen LogP contribution in [0.3, 0.4) is 0 Å². The summed E-state index contributed by atoms with van der Waals surface area (Å²) >= 11 is 0. The molecule has 4 N–H and O–H groups in total. The van der Waals surface area contributed by atoms with E-state index in [-0.39, 0.29) is 0 Å². The van der Waals surface area contributed by atoms with Crippen molar-refractivity contribution in [2.24, 2.45) is 10.9 Å². The molecule has 2 heterocycles. The van der Waals surface area contributed by atoms with Gasteiger partial charge in [-0.25, -0.2) is 0 Å². The standard InChI is InChI=1S/C5H6N8/c6-9-5(3-1-7-12-10-3)4-2-8-13-11-4/h1-2H,6H2,(H,7,10,12)(H,8,11,13). The summed E-state index contributed by atoms with van der Waals surface area (Å²) in [5, 5.41) is 23.3. The third-order valence-corrected chi connectivity index (χ3v) is 1.44. The molecule has 0 radical (unpaired) electrons. The number of hydrogen-bond donors (Lipinski definition) is 3. The van der Waals surface area contributed by atoms with Gasteiger partial charge in [0.2, 0.25) is 0 Å². The Labute approximate surface area is 72.2 Å². The molecule has 0 aliphatic heterocycles. The molecule has 0 amide bonds. The molecule has 8 nitrogen and oxygen atoms in total. The fourth-order valence-electron chi connectivity index (χ4n) is 0.895. The highest BCUT2D eigenvalue weighted by Gasteiger charge is 2.11. The van der Waals surface area contributed by atoms with Crippen LogP contribution in [0.5, 0.6) is 0 Å². The Morgan fingerprint density at radius 1 is 1.15 bits per heavy atom. The minimum Gasteiger partial charge on any atom is -0.323 e. The van der Waals surface area contributed by atoms with Gasteiger partial charge in [0.15, 0.2) is 0 Å². The smallest absolute Gasteiger partial charge is 0.141 e. The van der Waals surface area contributed by atoms with Crippen LogP contribution in [-0.4, -0.2) is 36.5 Å². The Hall–Kier alpha value is -2.25. The monoisotopic (exact) mass is 178 g/mol. The molecule has 2 aromatic rings. The number of H-pyrrole nitrogens is 2. The maximum atomic E-state index is 5.18. The highest BCUT2D eigenvalue weighted by Crippen LogP contribution is 2.00. The maximum Gasteiger partial charge on any atom is 0.141 e.